The minimum atomic E-state index is -1.09. The van der Waals surface area contributed by atoms with Crippen molar-refractivity contribution in [2.24, 2.45) is 13.0 Å². The number of aryl methyl sites for hydroxylation is 1. The number of methoxy groups -OCH3 is 1. The zero-order valence-corrected chi connectivity index (χ0v) is 12.2. The van der Waals surface area contributed by atoms with Gasteiger partial charge in [0.1, 0.15) is 11.3 Å². The molecule has 0 spiro atoms. The van der Waals surface area contributed by atoms with Crippen LogP contribution in [-0.4, -0.2) is 32.9 Å². The highest BCUT2D eigenvalue weighted by atomic mass is 16.5. The van der Waals surface area contributed by atoms with Crippen LogP contribution < -0.4 is 0 Å². The normalized spacial score (nSPS) is 17.5. The highest BCUT2D eigenvalue weighted by Crippen LogP contribution is 2.45. The van der Waals surface area contributed by atoms with Gasteiger partial charge in [-0.1, -0.05) is 5.16 Å². The first-order valence-corrected chi connectivity index (χ1v) is 6.75. The molecular weight excluding hydrogens is 274 g/mol. The van der Waals surface area contributed by atoms with Crippen LogP contribution in [0.5, 0.6) is 0 Å². The molecule has 3 rings (SSSR count). The van der Waals surface area contributed by atoms with Gasteiger partial charge in [-0.15, -0.1) is 0 Å². The summed E-state index contributed by atoms with van der Waals surface area (Å²) in [5.74, 6) is 0.296. The number of esters is 1. The molecule has 0 aromatic carbocycles. The molecule has 1 aliphatic rings. The van der Waals surface area contributed by atoms with Crippen LogP contribution in [0.25, 0.3) is 11.4 Å². The van der Waals surface area contributed by atoms with Gasteiger partial charge in [-0.05, 0) is 31.7 Å². The maximum atomic E-state index is 11.6. The van der Waals surface area contributed by atoms with Crippen molar-refractivity contribution in [1.29, 1.82) is 0 Å². The topological polar surface area (TPSA) is 90.4 Å². The Morgan fingerprint density at radius 1 is 1.57 bits per heavy atom. The Labute approximate surface area is 121 Å². The molecule has 0 amide bonds. The SMILES string of the molecule is COC(=O)c1cc(-c2noc(C(C)(O)C3CC3)n2)cn1C. The van der Waals surface area contributed by atoms with E-state index in [4.69, 9.17) is 9.26 Å². The molecule has 2 heterocycles. The Morgan fingerprint density at radius 2 is 2.29 bits per heavy atom. The van der Waals surface area contributed by atoms with Crippen LogP contribution in [0.2, 0.25) is 0 Å². The average molecular weight is 291 g/mol. The summed E-state index contributed by atoms with van der Waals surface area (Å²) >= 11 is 0. The third-order valence-corrected chi connectivity index (χ3v) is 3.89. The molecule has 1 saturated carbocycles. The van der Waals surface area contributed by atoms with E-state index in [0.29, 0.717) is 17.1 Å². The van der Waals surface area contributed by atoms with Gasteiger partial charge < -0.3 is 18.9 Å². The molecule has 112 valence electrons. The third kappa shape index (κ3) is 2.33. The molecule has 7 nitrogen and oxygen atoms in total. The van der Waals surface area contributed by atoms with Crippen molar-refractivity contribution in [1.82, 2.24) is 14.7 Å². The first kappa shape index (κ1) is 13.8. The van der Waals surface area contributed by atoms with E-state index in [2.05, 4.69) is 10.1 Å². The monoisotopic (exact) mass is 291 g/mol. The second-order valence-corrected chi connectivity index (χ2v) is 5.56. The zero-order chi connectivity index (χ0) is 15.2. The Morgan fingerprint density at radius 3 is 2.90 bits per heavy atom. The van der Waals surface area contributed by atoms with Crippen molar-refractivity contribution < 1.29 is 19.2 Å². The van der Waals surface area contributed by atoms with Crippen LogP contribution in [0.4, 0.5) is 0 Å². The molecule has 2 aromatic heterocycles. The fourth-order valence-electron chi connectivity index (χ4n) is 2.36. The molecule has 0 saturated heterocycles. The number of rotatable bonds is 4. The second kappa shape index (κ2) is 4.70. The van der Waals surface area contributed by atoms with Crippen LogP contribution in [0.15, 0.2) is 16.8 Å². The molecule has 7 heteroatoms. The first-order valence-electron chi connectivity index (χ1n) is 6.75. The molecular formula is C14H17N3O4. The minimum absolute atomic E-state index is 0.173. The second-order valence-electron chi connectivity index (χ2n) is 5.56. The number of aliphatic hydroxyl groups is 1. The molecule has 21 heavy (non-hydrogen) atoms. The smallest absolute Gasteiger partial charge is 0.354 e. The number of nitrogens with zero attached hydrogens (tertiary/aromatic N) is 3. The fraction of sp³-hybridized carbons (Fsp3) is 0.500. The Hall–Kier alpha value is -2.15. The summed E-state index contributed by atoms with van der Waals surface area (Å²) in [5, 5.41) is 14.3. The molecule has 1 fully saturated rings. The number of ether oxygens (including phenoxy) is 1. The maximum absolute atomic E-state index is 11.6. The van der Waals surface area contributed by atoms with Gasteiger partial charge >= 0.3 is 5.97 Å². The summed E-state index contributed by atoms with van der Waals surface area (Å²) in [5.41, 5.74) is -0.0575. The lowest BCUT2D eigenvalue weighted by molar-refractivity contribution is 0.000913. The van der Waals surface area contributed by atoms with E-state index >= 15 is 0 Å². The molecule has 1 N–H and O–H groups in total. The molecule has 2 aromatic rings. The van der Waals surface area contributed by atoms with Gasteiger partial charge in [-0.25, -0.2) is 4.79 Å². The van der Waals surface area contributed by atoms with E-state index in [9.17, 15) is 9.90 Å². The highest BCUT2D eigenvalue weighted by molar-refractivity contribution is 5.89. The molecule has 0 radical (unpaired) electrons. The van der Waals surface area contributed by atoms with Crippen molar-refractivity contribution >= 4 is 5.97 Å². The molecule has 0 aliphatic heterocycles. The van der Waals surface area contributed by atoms with Crippen molar-refractivity contribution in [3.8, 4) is 11.4 Å². The summed E-state index contributed by atoms with van der Waals surface area (Å²) in [6.45, 7) is 1.69. The third-order valence-electron chi connectivity index (χ3n) is 3.89. The van der Waals surface area contributed by atoms with Crippen LogP contribution >= 0.6 is 0 Å². The summed E-state index contributed by atoms with van der Waals surface area (Å²) in [6.07, 6.45) is 3.64. The van der Waals surface area contributed by atoms with Crippen molar-refractivity contribution in [2.75, 3.05) is 7.11 Å². The lowest BCUT2D eigenvalue weighted by Gasteiger charge is -2.16. The zero-order valence-electron chi connectivity index (χ0n) is 12.2. The van der Waals surface area contributed by atoms with Crippen LogP contribution in [0, 0.1) is 5.92 Å². The average Bonchev–Trinajstić information content (AvgIpc) is 3.07. The Balaban J connectivity index is 1.91. The van der Waals surface area contributed by atoms with Crippen LogP contribution in [0.1, 0.15) is 36.1 Å². The van der Waals surface area contributed by atoms with Crippen LogP contribution in [0.3, 0.4) is 0 Å². The van der Waals surface area contributed by atoms with Crippen molar-refractivity contribution in [2.45, 2.75) is 25.4 Å². The van der Waals surface area contributed by atoms with Gasteiger partial charge in [0.25, 0.3) is 5.89 Å². The summed E-state index contributed by atoms with van der Waals surface area (Å²) in [4.78, 5) is 15.9. The van der Waals surface area contributed by atoms with E-state index < -0.39 is 11.6 Å². The summed E-state index contributed by atoms with van der Waals surface area (Å²) < 4.78 is 11.5. The van der Waals surface area contributed by atoms with Gasteiger partial charge in [0.2, 0.25) is 5.82 Å². The first-order chi connectivity index (χ1) is 9.93. The summed E-state index contributed by atoms with van der Waals surface area (Å²) in [7, 11) is 3.06. The van der Waals surface area contributed by atoms with E-state index in [1.54, 1.807) is 30.8 Å². The van der Waals surface area contributed by atoms with Crippen molar-refractivity contribution in [3.05, 3.63) is 23.8 Å². The number of hydrogen-bond acceptors (Lipinski definition) is 6. The van der Waals surface area contributed by atoms with Crippen molar-refractivity contribution in [3.63, 3.8) is 0 Å². The fourth-order valence-corrected chi connectivity index (χ4v) is 2.36. The Kier molecular flexibility index (Phi) is 3.09. The highest BCUT2D eigenvalue weighted by Gasteiger charge is 2.45. The maximum Gasteiger partial charge on any atom is 0.354 e. The molecule has 1 unspecified atom stereocenters. The van der Waals surface area contributed by atoms with E-state index in [-0.39, 0.29) is 11.8 Å². The predicted octanol–water partition coefficient (Wildman–Crippen LogP) is 1.48. The molecule has 1 aliphatic carbocycles. The Bertz CT molecular complexity index is 682. The predicted molar refractivity (Wildman–Crippen MR) is 72.3 cm³/mol. The number of carbonyl (C=O) groups is 1. The van der Waals surface area contributed by atoms with Gasteiger partial charge in [-0.2, -0.15) is 4.98 Å². The summed E-state index contributed by atoms with van der Waals surface area (Å²) in [6, 6.07) is 1.63. The van der Waals surface area contributed by atoms with E-state index in [1.165, 1.54) is 7.11 Å². The largest absolute Gasteiger partial charge is 0.464 e. The standard InChI is InChI=1S/C14H17N3O4/c1-14(19,9-4-5-9)13-15-11(16-21-13)8-6-10(12(18)20-3)17(2)7-8/h6-7,9,19H,4-5H2,1-3H3. The van der Waals surface area contributed by atoms with Crippen LogP contribution in [-0.2, 0) is 17.4 Å². The number of hydrogen-bond donors (Lipinski definition) is 1. The van der Waals surface area contributed by atoms with E-state index in [0.717, 1.165) is 12.8 Å². The quantitative estimate of drug-likeness (QED) is 0.858. The number of carbonyl (C=O) groups excluding carboxylic acids is 1. The van der Waals surface area contributed by atoms with Gasteiger partial charge in [0.05, 0.1) is 7.11 Å². The lowest BCUT2D eigenvalue weighted by atomic mass is 10.0. The van der Waals surface area contributed by atoms with E-state index in [1.807, 2.05) is 0 Å². The van der Waals surface area contributed by atoms with Gasteiger partial charge in [0.15, 0.2) is 0 Å². The van der Waals surface area contributed by atoms with Gasteiger partial charge in [-0.3, -0.25) is 0 Å². The molecule has 1 atom stereocenters. The lowest BCUT2D eigenvalue weighted by Crippen LogP contribution is -2.24. The minimum Gasteiger partial charge on any atom is -0.464 e. The molecule has 0 bridgehead atoms. The number of aromatic nitrogens is 3. The van der Waals surface area contributed by atoms with Gasteiger partial charge in [0, 0.05) is 18.8 Å².